The van der Waals surface area contributed by atoms with Gasteiger partial charge in [-0.2, -0.15) is 0 Å². The molecule has 1 fully saturated rings. The summed E-state index contributed by atoms with van der Waals surface area (Å²) in [6.45, 7) is 4.34. The molecule has 0 saturated carbocycles. The van der Waals surface area contributed by atoms with Gasteiger partial charge in [0.25, 0.3) is 0 Å². The van der Waals surface area contributed by atoms with E-state index in [2.05, 4.69) is 66.8 Å². The van der Waals surface area contributed by atoms with Gasteiger partial charge in [-0.3, -0.25) is 0 Å². The first-order chi connectivity index (χ1) is 15.0. The number of benzene rings is 2. The number of hydrogen-bond acceptors (Lipinski definition) is 4. The van der Waals surface area contributed by atoms with Gasteiger partial charge in [-0.15, -0.1) is 0 Å². The van der Waals surface area contributed by atoms with E-state index in [0.29, 0.717) is 18.3 Å². The minimum atomic E-state index is -1.26. The molecular formula is C25H31NO5. The van der Waals surface area contributed by atoms with Crippen LogP contribution in [0.25, 0.3) is 0 Å². The maximum absolute atomic E-state index is 9.55. The Kier molecular flexibility index (Phi) is 10.5. The van der Waals surface area contributed by atoms with E-state index in [1.165, 1.54) is 23.1 Å². The van der Waals surface area contributed by atoms with Gasteiger partial charge in [-0.25, -0.2) is 9.59 Å². The maximum Gasteiger partial charge on any atom is 0.328 e. The third-order valence-corrected chi connectivity index (χ3v) is 4.91. The van der Waals surface area contributed by atoms with Crippen molar-refractivity contribution in [2.75, 3.05) is 13.1 Å². The molecule has 0 radical (unpaired) electrons. The average Bonchev–Trinajstić information content (AvgIpc) is 2.79. The number of piperidine rings is 1. The Bertz CT molecular complexity index is 811. The predicted octanol–water partition coefficient (Wildman–Crippen LogP) is 4.21. The highest BCUT2D eigenvalue weighted by Gasteiger charge is 2.21. The molecule has 1 aliphatic rings. The zero-order valence-corrected chi connectivity index (χ0v) is 17.9. The summed E-state index contributed by atoms with van der Waals surface area (Å²) < 4.78 is 6.52. The molecule has 6 nitrogen and oxygen atoms in total. The number of aliphatic carboxylic acids is 2. The lowest BCUT2D eigenvalue weighted by Crippen LogP contribution is -2.33. The molecule has 2 aromatic rings. The van der Waals surface area contributed by atoms with Crippen LogP contribution < -0.4 is 5.32 Å². The Morgan fingerprint density at radius 2 is 1.52 bits per heavy atom. The Balaban J connectivity index is 0.000000366. The molecule has 0 aromatic heterocycles. The molecule has 0 spiro atoms. The highest BCUT2D eigenvalue weighted by Crippen LogP contribution is 2.29. The molecule has 1 atom stereocenters. The van der Waals surface area contributed by atoms with Gasteiger partial charge in [0, 0.05) is 12.2 Å². The van der Waals surface area contributed by atoms with Crippen LogP contribution in [0.15, 0.2) is 66.7 Å². The Morgan fingerprint density at radius 1 is 0.968 bits per heavy atom. The van der Waals surface area contributed by atoms with E-state index < -0.39 is 11.9 Å². The highest BCUT2D eigenvalue weighted by molar-refractivity contribution is 5.89. The van der Waals surface area contributed by atoms with E-state index in [4.69, 9.17) is 14.9 Å². The normalized spacial score (nSPS) is 15.1. The third kappa shape index (κ3) is 9.15. The number of aryl methyl sites for hydroxylation is 1. The average molecular weight is 426 g/mol. The monoisotopic (exact) mass is 425 g/mol. The minimum absolute atomic E-state index is 0.0370. The van der Waals surface area contributed by atoms with Crippen LogP contribution in [-0.2, 0) is 20.7 Å². The van der Waals surface area contributed by atoms with E-state index in [9.17, 15) is 9.59 Å². The first-order valence-corrected chi connectivity index (χ1v) is 10.6. The van der Waals surface area contributed by atoms with Crippen molar-refractivity contribution < 1.29 is 24.5 Å². The van der Waals surface area contributed by atoms with Gasteiger partial charge in [0.05, 0.1) is 6.10 Å². The lowest BCUT2D eigenvalue weighted by Gasteiger charge is -2.29. The molecule has 3 N–H and O–H groups in total. The number of rotatable bonds is 8. The maximum atomic E-state index is 9.55. The van der Waals surface area contributed by atoms with Gasteiger partial charge >= 0.3 is 11.9 Å². The first kappa shape index (κ1) is 24.3. The van der Waals surface area contributed by atoms with Crippen LogP contribution in [0.5, 0.6) is 0 Å². The van der Waals surface area contributed by atoms with Crippen LogP contribution in [0.3, 0.4) is 0 Å². The molecule has 1 aliphatic heterocycles. The van der Waals surface area contributed by atoms with Gasteiger partial charge in [-0.1, -0.05) is 67.9 Å². The first-order valence-electron chi connectivity index (χ1n) is 10.6. The number of carboxylic acids is 2. The summed E-state index contributed by atoms with van der Waals surface area (Å²) in [4.78, 5) is 19.1. The van der Waals surface area contributed by atoms with Crippen molar-refractivity contribution in [1.29, 1.82) is 0 Å². The second-order valence-electron chi connectivity index (χ2n) is 7.38. The fourth-order valence-electron chi connectivity index (χ4n) is 3.39. The summed E-state index contributed by atoms with van der Waals surface area (Å²) in [7, 11) is 0. The highest BCUT2D eigenvalue weighted by atomic mass is 16.5. The topological polar surface area (TPSA) is 95.9 Å². The standard InChI is InChI=1S/C21H27NO.C4H4O4/c1-2-6-17-9-11-19(12-10-17)21(18-7-4-3-5-8-18)23-20-13-15-22-16-14-20;5-3(6)1-2-4(7)8/h3-5,7-12,20-22H,2,6,13-16H2,1H3;1-2H,(H,5,6)(H,7,8)/b;2-1+. The summed E-state index contributed by atoms with van der Waals surface area (Å²) in [6.07, 6.45) is 6.02. The van der Waals surface area contributed by atoms with Gasteiger partial charge in [0.15, 0.2) is 0 Å². The second-order valence-corrected chi connectivity index (χ2v) is 7.38. The Hall–Kier alpha value is -2.96. The second kappa shape index (κ2) is 13.4. The van der Waals surface area contributed by atoms with Crippen molar-refractivity contribution in [3.63, 3.8) is 0 Å². The molecule has 0 aliphatic carbocycles. The van der Waals surface area contributed by atoms with Gasteiger partial charge < -0.3 is 20.3 Å². The number of hydrogen-bond donors (Lipinski definition) is 3. The van der Waals surface area contributed by atoms with E-state index >= 15 is 0 Å². The van der Waals surface area contributed by atoms with E-state index in [1.807, 2.05) is 0 Å². The number of carboxylic acid groups (broad SMARTS) is 2. The van der Waals surface area contributed by atoms with E-state index in [0.717, 1.165) is 32.4 Å². The Labute approximate surface area is 183 Å². The molecular weight excluding hydrogens is 394 g/mol. The van der Waals surface area contributed by atoms with Gasteiger partial charge in [0.2, 0.25) is 0 Å². The van der Waals surface area contributed by atoms with Crippen molar-refractivity contribution in [3.8, 4) is 0 Å². The quantitative estimate of drug-likeness (QED) is 0.549. The molecule has 1 unspecified atom stereocenters. The van der Waals surface area contributed by atoms with Crippen LogP contribution in [0.4, 0.5) is 0 Å². The summed E-state index contributed by atoms with van der Waals surface area (Å²) in [5.74, 6) is -2.51. The van der Waals surface area contributed by atoms with Crippen molar-refractivity contribution in [2.45, 2.75) is 44.8 Å². The van der Waals surface area contributed by atoms with Crippen molar-refractivity contribution in [2.24, 2.45) is 0 Å². The Morgan fingerprint density at radius 3 is 2.03 bits per heavy atom. The zero-order valence-electron chi connectivity index (χ0n) is 17.9. The number of carbonyl (C=O) groups is 2. The lowest BCUT2D eigenvalue weighted by atomic mass is 9.98. The summed E-state index contributed by atoms with van der Waals surface area (Å²) in [6, 6.07) is 19.6. The summed E-state index contributed by atoms with van der Waals surface area (Å²) in [5, 5.41) is 19.0. The fraction of sp³-hybridized carbons (Fsp3) is 0.360. The minimum Gasteiger partial charge on any atom is -0.478 e. The molecule has 0 amide bonds. The van der Waals surface area contributed by atoms with Crippen LogP contribution in [0.2, 0.25) is 0 Å². The largest absolute Gasteiger partial charge is 0.478 e. The van der Waals surface area contributed by atoms with Crippen LogP contribution in [-0.4, -0.2) is 41.3 Å². The molecule has 0 bridgehead atoms. The number of ether oxygens (including phenoxy) is 1. The summed E-state index contributed by atoms with van der Waals surface area (Å²) >= 11 is 0. The SMILES string of the molecule is CCCc1ccc(C(OC2CCNCC2)c2ccccc2)cc1.O=C(O)/C=C/C(=O)O. The van der Waals surface area contributed by atoms with Crippen LogP contribution in [0, 0.1) is 0 Å². The molecule has 31 heavy (non-hydrogen) atoms. The van der Waals surface area contributed by atoms with E-state index in [-0.39, 0.29) is 6.10 Å². The summed E-state index contributed by atoms with van der Waals surface area (Å²) in [5.41, 5.74) is 3.91. The predicted molar refractivity (Wildman–Crippen MR) is 120 cm³/mol. The fourth-order valence-corrected chi connectivity index (χ4v) is 3.39. The van der Waals surface area contributed by atoms with Crippen LogP contribution >= 0.6 is 0 Å². The third-order valence-electron chi connectivity index (χ3n) is 4.91. The van der Waals surface area contributed by atoms with Crippen molar-refractivity contribution >= 4 is 11.9 Å². The van der Waals surface area contributed by atoms with Gasteiger partial charge in [-0.05, 0) is 49.0 Å². The molecule has 2 aromatic carbocycles. The molecule has 1 saturated heterocycles. The van der Waals surface area contributed by atoms with E-state index in [1.54, 1.807) is 0 Å². The zero-order chi connectivity index (χ0) is 22.5. The van der Waals surface area contributed by atoms with Crippen LogP contribution in [0.1, 0.15) is 49.0 Å². The molecule has 3 rings (SSSR count). The molecule has 1 heterocycles. The molecule has 166 valence electrons. The van der Waals surface area contributed by atoms with Crippen molar-refractivity contribution in [1.82, 2.24) is 5.32 Å². The number of nitrogens with one attached hydrogen (secondary N) is 1. The molecule has 6 heteroatoms. The smallest absolute Gasteiger partial charge is 0.328 e. The lowest BCUT2D eigenvalue weighted by molar-refractivity contribution is -0.134. The van der Waals surface area contributed by atoms with Crippen molar-refractivity contribution in [3.05, 3.63) is 83.4 Å². The van der Waals surface area contributed by atoms with Gasteiger partial charge in [0.1, 0.15) is 6.10 Å².